The first-order valence-electron chi connectivity index (χ1n) is 7.31. The van der Waals surface area contributed by atoms with E-state index in [2.05, 4.69) is 12.2 Å². The van der Waals surface area contributed by atoms with Crippen molar-refractivity contribution in [2.24, 2.45) is 11.8 Å². The summed E-state index contributed by atoms with van der Waals surface area (Å²) in [7, 11) is 0. The van der Waals surface area contributed by atoms with E-state index in [9.17, 15) is 13.6 Å². The molecule has 0 aromatic heterocycles. The van der Waals surface area contributed by atoms with Gasteiger partial charge in [0.2, 0.25) is 5.91 Å². The first-order valence-corrected chi connectivity index (χ1v) is 7.31. The van der Waals surface area contributed by atoms with Gasteiger partial charge in [-0.1, -0.05) is 13.8 Å². The summed E-state index contributed by atoms with van der Waals surface area (Å²) in [5.41, 5.74) is 0. The van der Waals surface area contributed by atoms with Gasteiger partial charge in [-0.3, -0.25) is 4.79 Å². The van der Waals surface area contributed by atoms with E-state index in [0.29, 0.717) is 18.9 Å². The van der Waals surface area contributed by atoms with Crippen molar-refractivity contribution in [2.75, 3.05) is 26.2 Å². The molecule has 1 rings (SSSR count). The van der Waals surface area contributed by atoms with Crippen molar-refractivity contribution in [2.45, 2.75) is 46.0 Å². The predicted octanol–water partition coefficient (Wildman–Crippen LogP) is 2.52. The fourth-order valence-electron chi connectivity index (χ4n) is 2.74. The maximum atomic E-state index is 12.5. The van der Waals surface area contributed by atoms with Gasteiger partial charge >= 0.3 is 0 Å². The highest BCUT2D eigenvalue weighted by Crippen LogP contribution is 2.25. The normalized spacial score (nSPS) is 18.6. The van der Waals surface area contributed by atoms with E-state index in [1.165, 1.54) is 4.90 Å². The van der Waals surface area contributed by atoms with Crippen molar-refractivity contribution >= 4 is 5.91 Å². The van der Waals surface area contributed by atoms with E-state index >= 15 is 0 Å². The molecule has 1 fully saturated rings. The molecule has 0 aliphatic carbocycles. The minimum Gasteiger partial charge on any atom is -0.337 e. The maximum absolute atomic E-state index is 12.5. The van der Waals surface area contributed by atoms with Crippen LogP contribution in [0.3, 0.4) is 0 Å². The number of piperidine rings is 1. The summed E-state index contributed by atoms with van der Waals surface area (Å²) in [5, 5.41) is 3.30. The lowest BCUT2D eigenvalue weighted by molar-refractivity contribution is -0.134. The van der Waals surface area contributed by atoms with Crippen LogP contribution >= 0.6 is 0 Å². The average Bonchev–Trinajstić information content (AvgIpc) is 2.38. The summed E-state index contributed by atoms with van der Waals surface area (Å²) in [6, 6.07) is 0. The van der Waals surface area contributed by atoms with Gasteiger partial charge in [0.15, 0.2) is 0 Å². The van der Waals surface area contributed by atoms with Gasteiger partial charge in [0, 0.05) is 13.0 Å². The minimum atomic E-state index is -2.44. The molecular formula is C14H26F2N2O. The second kappa shape index (κ2) is 8.46. The summed E-state index contributed by atoms with van der Waals surface area (Å²) in [6.45, 7) is 5.98. The van der Waals surface area contributed by atoms with Crippen molar-refractivity contribution in [3.63, 3.8) is 0 Å². The summed E-state index contributed by atoms with van der Waals surface area (Å²) in [6.07, 6.45) is 0.843. The number of nitrogens with one attached hydrogen (secondary N) is 1. The molecule has 1 saturated heterocycles. The molecule has 0 saturated carbocycles. The Labute approximate surface area is 114 Å². The van der Waals surface area contributed by atoms with Gasteiger partial charge < -0.3 is 10.2 Å². The topological polar surface area (TPSA) is 32.3 Å². The second-order valence-corrected chi connectivity index (χ2v) is 5.50. The van der Waals surface area contributed by atoms with Crippen LogP contribution in [0, 0.1) is 11.8 Å². The van der Waals surface area contributed by atoms with Gasteiger partial charge in [-0.05, 0) is 44.2 Å². The summed E-state index contributed by atoms with van der Waals surface area (Å²) in [5.74, 6) is 0.708. The third kappa shape index (κ3) is 5.85. The van der Waals surface area contributed by atoms with E-state index in [-0.39, 0.29) is 11.8 Å². The molecule has 1 atom stereocenters. The lowest BCUT2D eigenvalue weighted by Gasteiger charge is -2.30. The Morgan fingerprint density at radius 2 is 2.00 bits per heavy atom. The minimum absolute atomic E-state index is 0.117. The molecule has 112 valence electrons. The van der Waals surface area contributed by atoms with Gasteiger partial charge in [-0.25, -0.2) is 8.78 Å². The number of amides is 1. The fraction of sp³-hybridized carbons (Fsp3) is 0.929. The van der Waals surface area contributed by atoms with Crippen molar-refractivity contribution in [3.8, 4) is 0 Å². The molecule has 0 radical (unpaired) electrons. The molecular weight excluding hydrogens is 250 g/mol. The molecule has 19 heavy (non-hydrogen) atoms. The third-order valence-electron chi connectivity index (χ3n) is 3.89. The van der Waals surface area contributed by atoms with Crippen LogP contribution in [0.15, 0.2) is 0 Å². The number of rotatable bonds is 7. The predicted molar refractivity (Wildman–Crippen MR) is 72.2 cm³/mol. The first-order chi connectivity index (χ1) is 9.04. The number of nitrogens with zero attached hydrogens (tertiary/aromatic N) is 1. The van der Waals surface area contributed by atoms with Crippen molar-refractivity contribution in [3.05, 3.63) is 0 Å². The fourth-order valence-corrected chi connectivity index (χ4v) is 2.74. The SMILES string of the molecule is CCCN(CC(F)F)C(=O)CC(C)C1CCNCC1. The lowest BCUT2D eigenvalue weighted by Crippen LogP contribution is -2.38. The first kappa shape index (κ1) is 16.3. The average molecular weight is 276 g/mol. The standard InChI is InChI=1S/C14H26F2N2O/c1-3-8-18(10-13(15)16)14(19)9-11(2)12-4-6-17-7-5-12/h11-13,17H,3-10H2,1-2H3. The van der Waals surface area contributed by atoms with Gasteiger partial charge in [0.25, 0.3) is 6.43 Å². The molecule has 1 heterocycles. The van der Waals surface area contributed by atoms with E-state index < -0.39 is 13.0 Å². The molecule has 1 unspecified atom stereocenters. The highest BCUT2D eigenvalue weighted by Gasteiger charge is 2.25. The van der Waals surface area contributed by atoms with Crippen LogP contribution in [0.2, 0.25) is 0 Å². The Balaban J connectivity index is 2.44. The largest absolute Gasteiger partial charge is 0.337 e. The van der Waals surface area contributed by atoms with Crippen LogP contribution in [-0.4, -0.2) is 43.4 Å². The Morgan fingerprint density at radius 1 is 1.37 bits per heavy atom. The quantitative estimate of drug-likeness (QED) is 0.775. The van der Waals surface area contributed by atoms with E-state index in [1.54, 1.807) is 0 Å². The van der Waals surface area contributed by atoms with Crippen LogP contribution in [-0.2, 0) is 4.79 Å². The van der Waals surface area contributed by atoms with E-state index in [1.807, 2.05) is 6.92 Å². The number of hydrogen-bond acceptors (Lipinski definition) is 2. The zero-order valence-electron chi connectivity index (χ0n) is 12.0. The van der Waals surface area contributed by atoms with Crippen LogP contribution in [0.1, 0.15) is 39.5 Å². The smallest absolute Gasteiger partial charge is 0.255 e. The molecule has 1 N–H and O–H groups in total. The Kier molecular flexibility index (Phi) is 7.28. The van der Waals surface area contributed by atoms with Crippen LogP contribution in [0.25, 0.3) is 0 Å². The molecule has 1 amide bonds. The highest BCUT2D eigenvalue weighted by atomic mass is 19.3. The molecule has 5 heteroatoms. The van der Waals surface area contributed by atoms with Gasteiger partial charge in [0.1, 0.15) is 0 Å². The number of halogens is 2. The van der Waals surface area contributed by atoms with E-state index in [4.69, 9.17) is 0 Å². The summed E-state index contributed by atoms with van der Waals surface area (Å²) in [4.78, 5) is 13.4. The van der Waals surface area contributed by atoms with Gasteiger partial charge in [-0.15, -0.1) is 0 Å². The van der Waals surface area contributed by atoms with Crippen molar-refractivity contribution < 1.29 is 13.6 Å². The van der Waals surface area contributed by atoms with E-state index in [0.717, 1.165) is 32.4 Å². The number of hydrogen-bond donors (Lipinski definition) is 1. The van der Waals surface area contributed by atoms with Gasteiger partial charge in [0.05, 0.1) is 6.54 Å². The lowest BCUT2D eigenvalue weighted by atomic mass is 9.84. The summed E-state index contributed by atoms with van der Waals surface area (Å²) < 4.78 is 24.9. The van der Waals surface area contributed by atoms with Crippen LogP contribution < -0.4 is 5.32 Å². The third-order valence-corrected chi connectivity index (χ3v) is 3.89. The molecule has 1 aliphatic heterocycles. The van der Waals surface area contributed by atoms with Gasteiger partial charge in [-0.2, -0.15) is 0 Å². The zero-order valence-corrected chi connectivity index (χ0v) is 12.0. The second-order valence-electron chi connectivity index (χ2n) is 5.50. The maximum Gasteiger partial charge on any atom is 0.255 e. The van der Waals surface area contributed by atoms with Crippen LogP contribution in [0.5, 0.6) is 0 Å². The zero-order chi connectivity index (χ0) is 14.3. The Morgan fingerprint density at radius 3 is 2.53 bits per heavy atom. The molecule has 0 aromatic rings. The number of carbonyl (C=O) groups excluding carboxylic acids is 1. The van der Waals surface area contributed by atoms with Crippen molar-refractivity contribution in [1.29, 1.82) is 0 Å². The summed E-state index contributed by atoms with van der Waals surface area (Å²) >= 11 is 0. The molecule has 0 spiro atoms. The molecule has 3 nitrogen and oxygen atoms in total. The number of alkyl halides is 2. The highest BCUT2D eigenvalue weighted by molar-refractivity contribution is 5.76. The monoisotopic (exact) mass is 276 g/mol. The molecule has 0 bridgehead atoms. The Hall–Kier alpha value is -0.710. The van der Waals surface area contributed by atoms with Crippen molar-refractivity contribution in [1.82, 2.24) is 10.2 Å². The molecule has 0 aromatic carbocycles. The number of carbonyl (C=O) groups is 1. The van der Waals surface area contributed by atoms with Crippen LogP contribution in [0.4, 0.5) is 8.78 Å². The molecule has 1 aliphatic rings. The Bertz CT molecular complexity index is 268.